The lowest BCUT2D eigenvalue weighted by atomic mass is 10.0. The van der Waals surface area contributed by atoms with E-state index in [1.165, 1.54) is 19.1 Å². The topological polar surface area (TPSA) is 82.3 Å². The number of carbonyl (C=O) groups is 1. The first-order valence-electron chi connectivity index (χ1n) is 7.20. The van der Waals surface area contributed by atoms with Crippen LogP contribution < -0.4 is 5.32 Å². The van der Waals surface area contributed by atoms with Gasteiger partial charge in [0, 0.05) is 11.4 Å². The molecular formula is C16H18F3N3O2S. The molecule has 0 aliphatic heterocycles. The first-order chi connectivity index (χ1) is 11.3. The van der Waals surface area contributed by atoms with Gasteiger partial charge in [0.05, 0.1) is 17.2 Å². The molecule has 136 valence electrons. The summed E-state index contributed by atoms with van der Waals surface area (Å²) in [5.74, 6) is -0.521. The average molecular weight is 373 g/mol. The number of nitrogens with one attached hydrogen (secondary N) is 1. The fraction of sp³-hybridized carbons (Fsp3) is 0.438. The van der Waals surface area contributed by atoms with Crippen molar-refractivity contribution in [2.75, 3.05) is 11.1 Å². The number of hydrogen-bond acceptors (Lipinski definition) is 3. The SMILES string of the molecule is CC(=NS(=O)CC(C)(C)C)C(=O)Nc1ccc(C#N)c(C(F)(F)F)c1. The first-order valence-corrected chi connectivity index (χ1v) is 8.47. The zero-order valence-electron chi connectivity index (χ0n) is 14.2. The van der Waals surface area contributed by atoms with Crippen molar-refractivity contribution >= 4 is 28.3 Å². The van der Waals surface area contributed by atoms with Gasteiger partial charge in [-0.3, -0.25) is 4.79 Å². The second kappa shape index (κ2) is 7.78. The van der Waals surface area contributed by atoms with Crippen LogP contribution in [0.2, 0.25) is 0 Å². The maximum Gasteiger partial charge on any atom is 0.417 e. The lowest BCUT2D eigenvalue weighted by Gasteiger charge is -2.15. The molecule has 1 N–H and O–H groups in total. The normalized spacial score (nSPS) is 13.9. The van der Waals surface area contributed by atoms with Gasteiger partial charge in [0.1, 0.15) is 16.7 Å². The molecule has 25 heavy (non-hydrogen) atoms. The second-order valence-electron chi connectivity index (χ2n) is 6.53. The highest BCUT2D eigenvalue weighted by molar-refractivity contribution is 7.83. The van der Waals surface area contributed by atoms with Crippen molar-refractivity contribution in [3.05, 3.63) is 29.3 Å². The van der Waals surface area contributed by atoms with E-state index in [1.54, 1.807) is 0 Å². The number of nitrogens with zero attached hydrogens (tertiary/aromatic N) is 2. The summed E-state index contributed by atoms with van der Waals surface area (Å²) < 4.78 is 54.4. The molecule has 0 heterocycles. The van der Waals surface area contributed by atoms with Gasteiger partial charge in [0.15, 0.2) is 0 Å². The zero-order valence-corrected chi connectivity index (χ0v) is 15.0. The van der Waals surface area contributed by atoms with Crippen molar-refractivity contribution in [1.82, 2.24) is 0 Å². The van der Waals surface area contributed by atoms with Crippen LogP contribution >= 0.6 is 0 Å². The van der Waals surface area contributed by atoms with Crippen LogP contribution in [0.3, 0.4) is 0 Å². The number of amides is 1. The molecule has 1 atom stereocenters. The Hall–Kier alpha value is -2.21. The van der Waals surface area contributed by atoms with Crippen LogP contribution in [-0.2, 0) is 22.0 Å². The van der Waals surface area contributed by atoms with E-state index in [0.29, 0.717) is 6.07 Å². The Morgan fingerprint density at radius 3 is 2.40 bits per heavy atom. The molecule has 0 aromatic heterocycles. The molecule has 0 saturated carbocycles. The van der Waals surface area contributed by atoms with Crippen molar-refractivity contribution in [1.29, 1.82) is 5.26 Å². The lowest BCUT2D eigenvalue weighted by Crippen LogP contribution is -2.23. The van der Waals surface area contributed by atoms with Gasteiger partial charge in [0.25, 0.3) is 5.91 Å². The molecule has 0 aliphatic carbocycles. The van der Waals surface area contributed by atoms with Crippen LogP contribution in [-0.4, -0.2) is 21.6 Å². The molecule has 0 spiro atoms. The van der Waals surface area contributed by atoms with Gasteiger partial charge < -0.3 is 5.32 Å². The summed E-state index contributed by atoms with van der Waals surface area (Å²) >= 11 is 0. The van der Waals surface area contributed by atoms with E-state index in [2.05, 4.69) is 9.71 Å². The molecule has 0 saturated heterocycles. The van der Waals surface area contributed by atoms with Crippen molar-refractivity contribution in [3.8, 4) is 6.07 Å². The van der Waals surface area contributed by atoms with Gasteiger partial charge >= 0.3 is 6.18 Å². The van der Waals surface area contributed by atoms with Gasteiger partial charge in [-0.1, -0.05) is 20.8 Å². The maximum atomic E-state index is 12.9. The predicted octanol–water partition coefficient (Wildman–Crippen LogP) is 3.69. The smallest absolute Gasteiger partial charge is 0.321 e. The van der Waals surface area contributed by atoms with Crippen LogP contribution in [0, 0.1) is 16.7 Å². The van der Waals surface area contributed by atoms with E-state index in [1.807, 2.05) is 20.8 Å². The summed E-state index contributed by atoms with van der Waals surface area (Å²) in [6, 6.07) is 4.29. The van der Waals surface area contributed by atoms with Gasteiger partial charge in [-0.05, 0) is 30.5 Å². The second-order valence-corrected chi connectivity index (χ2v) is 7.64. The fourth-order valence-corrected chi connectivity index (χ4v) is 2.97. The van der Waals surface area contributed by atoms with Gasteiger partial charge in [-0.2, -0.15) is 22.8 Å². The molecular weight excluding hydrogens is 355 g/mol. The van der Waals surface area contributed by atoms with E-state index in [0.717, 1.165) is 6.07 Å². The standard InChI is InChI=1S/C16H18F3N3O2S/c1-10(22-25(24)9-15(2,3)4)14(23)21-12-6-5-11(8-20)13(7-12)16(17,18)19/h5-7H,9H2,1-4H3,(H,21,23). The Morgan fingerprint density at radius 1 is 1.32 bits per heavy atom. The maximum absolute atomic E-state index is 12.9. The molecule has 1 amide bonds. The van der Waals surface area contributed by atoms with E-state index in [-0.39, 0.29) is 22.6 Å². The molecule has 0 bridgehead atoms. The number of nitriles is 1. The molecule has 0 fully saturated rings. The minimum atomic E-state index is -4.72. The highest BCUT2D eigenvalue weighted by atomic mass is 32.2. The first kappa shape index (κ1) is 20.8. The number of anilines is 1. The number of halogens is 3. The summed E-state index contributed by atoms with van der Waals surface area (Å²) in [5.41, 5.74) is -2.17. The molecule has 5 nitrogen and oxygen atoms in total. The zero-order chi connectivity index (χ0) is 19.4. The molecule has 0 radical (unpaired) electrons. The van der Waals surface area contributed by atoms with Crippen LogP contribution in [0.25, 0.3) is 0 Å². The number of carbonyl (C=O) groups excluding carboxylic acids is 1. The Morgan fingerprint density at radius 2 is 1.92 bits per heavy atom. The van der Waals surface area contributed by atoms with E-state index in [4.69, 9.17) is 5.26 Å². The van der Waals surface area contributed by atoms with Gasteiger partial charge in [-0.15, -0.1) is 0 Å². The summed E-state index contributed by atoms with van der Waals surface area (Å²) in [4.78, 5) is 12.0. The van der Waals surface area contributed by atoms with Crippen molar-refractivity contribution in [2.24, 2.45) is 9.81 Å². The van der Waals surface area contributed by atoms with Gasteiger partial charge in [-0.25, -0.2) is 4.21 Å². The Bertz CT molecular complexity index is 759. The van der Waals surface area contributed by atoms with Crippen LogP contribution in [0.1, 0.15) is 38.8 Å². The van der Waals surface area contributed by atoms with Crippen molar-refractivity contribution in [2.45, 2.75) is 33.9 Å². The van der Waals surface area contributed by atoms with Crippen LogP contribution in [0.15, 0.2) is 22.6 Å². The third kappa shape index (κ3) is 6.66. The number of hydrogen-bond donors (Lipinski definition) is 1. The minimum absolute atomic E-state index is 0.111. The van der Waals surface area contributed by atoms with Crippen LogP contribution in [0.4, 0.5) is 18.9 Å². The van der Waals surface area contributed by atoms with E-state index < -0.39 is 34.2 Å². The third-order valence-electron chi connectivity index (χ3n) is 2.83. The number of rotatable bonds is 4. The number of benzene rings is 1. The average Bonchev–Trinajstić information content (AvgIpc) is 2.44. The number of alkyl halides is 3. The molecule has 1 aromatic carbocycles. The monoisotopic (exact) mass is 373 g/mol. The fourth-order valence-electron chi connectivity index (χ4n) is 1.77. The highest BCUT2D eigenvalue weighted by Crippen LogP contribution is 2.33. The summed E-state index contributed by atoms with van der Waals surface area (Å²) in [6.45, 7) is 6.92. The van der Waals surface area contributed by atoms with Crippen molar-refractivity contribution in [3.63, 3.8) is 0 Å². The predicted molar refractivity (Wildman–Crippen MR) is 90.4 cm³/mol. The highest BCUT2D eigenvalue weighted by Gasteiger charge is 2.34. The third-order valence-corrected chi connectivity index (χ3v) is 4.42. The summed E-state index contributed by atoms with van der Waals surface area (Å²) in [6.07, 6.45) is -4.72. The lowest BCUT2D eigenvalue weighted by molar-refractivity contribution is -0.137. The molecule has 1 unspecified atom stereocenters. The van der Waals surface area contributed by atoms with Gasteiger partial charge in [0.2, 0.25) is 0 Å². The largest absolute Gasteiger partial charge is 0.417 e. The molecule has 0 aliphatic rings. The summed E-state index contributed by atoms with van der Waals surface area (Å²) in [5, 5.41) is 11.0. The molecule has 1 aromatic rings. The van der Waals surface area contributed by atoms with Crippen LogP contribution in [0.5, 0.6) is 0 Å². The van der Waals surface area contributed by atoms with E-state index in [9.17, 15) is 22.2 Å². The summed E-state index contributed by atoms with van der Waals surface area (Å²) in [7, 11) is -1.62. The Labute approximate surface area is 146 Å². The van der Waals surface area contributed by atoms with E-state index >= 15 is 0 Å². The Balaban J connectivity index is 2.97. The minimum Gasteiger partial charge on any atom is -0.321 e. The molecule has 1 rings (SSSR count). The van der Waals surface area contributed by atoms with Crippen molar-refractivity contribution < 1.29 is 22.2 Å². The molecule has 9 heteroatoms. The quantitative estimate of drug-likeness (QED) is 0.817. The Kier molecular flexibility index (Phi) is 6.48.